The number of anilines is 3. The van der Waals surface area contributed by atoms with Crippen LogP contribution in [0, 0.1) is 6.92 Å². The second-order valence-corrected chi connectivity index (χ2v) is 6.89. The van der Waals surface area contributed by atoms with Gasteiger partial charge in [-0.05, 0) is 25.5 Å². The number of aryl methyl sites for hydroxylation is 1. The van der Waals surface area contributed by atoms with Crippen LogP contribution in [0.3, 0.4) is 0 Å². The Bertz CT molecular complexity index is 790. The Balaban J connectivity index is 1.72. The topological polar surface area (TPSA) is 79.4 Å². The lowest BCUT2D eigenvalue weighted by atomic mass is 10.2. The summed E-state index contributed by atoms with van der Waals surface area (Å²) in [6.45, 7) is 7.82. The summed E-state index contributed by atoms with van der Waals surface area (Å²) in [5.74, 6) is 1.03. The van der Waals surface area contributed by atoms with Crippen LogP contribution in [-0.2, 0) is 4.74 Å². The number of nitrogens with one attached hydrogen (secondary N) is 2. The molecule has 7 nitrogen and oxygen atoms in total. The van der Waals surface area contributed by atoms with Gasteiger partial charge in [0, 0.05) is 25.7 Å². The Kier molecular flexibility index (Phi) is 7.19. The number of carbonyl (C=O) groups is 1. The van der Waals surface area contributed by atoms with Gasteiger partial charge in [0.2, 0.25) is 0 Å². The first-order valence-corrected chi connectivity index (χ1v) is 10.00. The van der Waals surface area contributed by atoms with Gasteiger partial charge in [0.1, 0.15) is 17.3 Å². The summed E-state index contributed by atoms with van der Waals surface area (Å²) >= 11 is 0. The van der Waals surface area contributed by atoms with Crippen LogP contribution >= 0.6 is 0 Å². The van der Waals surface area contributed by atoms with E-state index >= 15 is 0 Å². The Labute approximate surface area is 166 Å². The summed E-state index contributed by atoms with van der Waals surface area (Å²) in [5.41, 5.74) is 2.15. The highest BCUT2D eigenvalue weighted by Crippen LogP contribution is 2.26. The van der Waals surface area contributed by atoms with Gasteiger partial charge < -0.3 is 20.3 Å². The van der Waals surface area contributed by atoms with Gasteiger partial charge >= 0.3 is 0 Å². The molecule has 0 spiro atoms. The quantitative estimate of drug-likeness (QED) is 0.680. The summed E-state index contributed by atoms with van der Waals surface area (Å²) in [6, 6.07) is 9.55. The molecule has 7 heteroatoms. The molecule has 0 unspecified atom stereocenters. The molecule has 0 saturated carbocycles. The van der Waals surface area contributed by atoms with Crippen LogP contribution < -0.4 is 15.5 Å². The number of hydrogen-bond donors (Lipinski definition) is 2. The first-order valence-electron chi connectivity index (χ1n) is 10.00. The van der Waals surface area contributed by atoms with Crippen LogP contribution in [0.4, 0.5) is 17.2 Å². The number of rotatable bonds is 8. The molecule has 0 bridgehead atoms. The second-order valence-electron chi connectivity index (χ2n) is 6.89. The fourth-order valence-corrected chi connectivity index (χ4v) is 3.21. The SMILES string of the molecule is CCCCCNc1cc(C(=O)Nc2ccccc2N2CCOCC2)nc(C)n1. The van der Waals surface area contributed by atoms with E-state index in [1.54, 1.807) is 13.0 Å². The summed E-state index contributed by atoms with van der Waals surface area (Å²) in [4.78, 5) is 23.8. The number of unbranched alkanes of at least 4 members (excludes halogenated alkanes) is 2. The van der Waals surface area contributed by atoms with Crippen LogP contribution in [0.5, 0.6) is 0 Å². The minimum absolute atomic E-state index is 0.234. The van der Waals surface area contributed by atoms with Gasteiger partial charge in [-0.1, -0.05) is 31.9 Å². The maximum atomic E-state index is 12.9. The zero-order valence-corrected chi connectivity index (χ0v) is 16.7. The normalized spacial score (nSPS) is 14.0. The third kappa shape index (κ3) is 5.42. The molecule has 150 valence electrons. The minimum atomic E-state index is -0.234. The van der Waals surface area contributed by atoms with Crippen molar-refractivity contribution in [2.45, 2.75) is 33.1 Å². The number of carbonyl (C=O) groups excluding carboxylic acids is 1. The molecule has 3 rings (SSSR count). The lowest BCUT2D eigenvalue weighted by Gasteiger charge is -2.30. The molecule has 0 atom stereocenters. The predicted octanol–water partition coefficient (Wildman–Crippen LogP) is 3.48. The average Bonchev–Trinajstić information content (AvgIpc) is 2.72. The molecule has 2 N–H and O–H groups in total. The minimum Gasteiger partial charge on any atom is -0.378 e. The molecule has 1 saturated heterocycles. The molecule has 1 aliphatic rings. The first kappa shape index (κ1) is 20.1. The molecule has 0 aliphatic carbocycles. The highest BCUT2D eigenvalue weighted by molar-refractivity contribution is 6.05. The van der Waals surface area contributed by atoms with Gasteiger partial charge in [0.15, 0.2) is 0 Å². The van der Waals surface area contributed by atoms with E-state index in [-0.39, 0.29) is 5.91 Å². The number of para-hydroxylation sites is 2. The molecule has 1 aromatic heterocycles. The fraction of sp³-hybridized carbons (Fsp3) is 0.476. The van der Waals surface area contributed by atoms with Gasteiger partial charge in [-0.2, -0.15) is 0 Å². The molecular formula is C21H29N5O2. The number of amides is 1. The van der Waals surface area contributed by atoms with Crippen molar-refractivity contribution in [3.05, 3.63) is 41.9 Å². The summed E-state index contributed by atoms with van der Waals surface area (Å²) in [7, 11) is 0. The highest BCUT2D eigenvalue weighted by Gasteiger charge is 2.17. The molecule has 0 radical (unpaired) electrons. The molecule has 1 amide bonds. The van der Waals surface area contributed by atoms with Crippen LogP contribution in [0.25, 0.3) is 0 Å². The zero-order chi connectivity index (χ0) is 19.8. The predicted molar refractivity (Wildman–Crippen MR) is 112 cm³/mol. The van der Waals surface area contributed by atoms with Crippen LogP contribution in [0.2, 0.25) is 0 Å². The van der Waals surface area contributed by atoms with Crippen molar-refractivity contribution in [3.63, 3.8) is 0 Å². The number of nitrogens with zero attached hydrogens (tertiary/aromatic N) is 3. The number of morpholine rings is 1. The molecule has 28 heavy (non-hydrogen) atoms. The summed E-state index contributed by atoms with van der Waals surface area (Å²) < 4.78 is 5.43. The lowest BCUT2D eigenvalue weighted by molar-refractivity contribution is 0.102. The standard InChI is InChI=1S/C21H29N5O2/c1-3-4-7-10-22-20-15-18(23-16(2)24-20)21(27)25-17-8-5-6-9-19(17)26-11-13-28-14-12-26/h5-6,8-9,15H,3-4,7,10-14H2,1-2H3,(H,25,27)(H,22,23,24). The third-order valence-corrected chi connectivity index (χ3v) is 4.66. The largest absolute Gasteiger partial charge is 0.378 e. The number of ether oxygens (including phenoxy) is 1. The fourth-order valence-electron chi connectivity index (χ4n) is 3.21. The van der Waals surface area contributed by atoms with Crippen LogP contribution in [-0.4, -0.2) is 48.7 Å². The van der Waals surface area contributed by atoms with Gasteiger partial charge in [0.05, 0.1) is 24.6 Å². The average molecular weight is 383 g/mol. The first-order chi connectivity index (χ1) is 13.7. The molecule has 1 aromatic carbocycles. The van der Waals surface area contributed by atoms with Gasteiger partial charge in [-0.15, -0.1) is 0 Å². The Morgan fingerprint density at radius 2 is 1.96 bits per heavy atom. The third-order valence-electron chi connectivity index (χ3n) is 4.66. The van der Waals surface area contributed by atoms with E-state index in [9.17, 15) is 4.79 Å². The van der Waals surface area contributed by atoms with E-state index in [0.717, 1.165) is 37.4 Å². The Hall–Kier alpha value is -2.67. The second kappa shape index (κ2) is 10.0. The highest BCUT2D eigenvalue weighted by atomic mass is 16.5. The van der Waals surface area contributed by atoms with E-state index < -0.39 is 0 Å². The maximum Gasteiger partial charge on any atom is 0.274 e. The summed E-state index contributed by atoms with van der Waals surface area (Å²) in [5, 5.41) is 6.30. The van der Waals surface area contributed by atoms with Crippen LogP contribution in [0.1, 0.15) is 42.5 Å². The number of hydrogen-bond acceptors (Lipinski definition) is 6. The lowest BCUT2D eigenvalue weighted by Crippen LogP contribution is -2.36. The monoisotopic (exact) mass is 383 g/mol. The van der Waals surface area contributed by atoms with Crippen molar-refractivity contribution < 1.29 is 9.53 Å². The van der Waals surface area contributed by atoms with E-state index in [2.05, 4.69) is 32.4 Å². The van der Waals surface area contributed by atoms with Gasteiger partial charge in [-0.3, -0.25) is 4.79 Å². The van der Waals surface area contributed by atoms with Crippen molar-refractivity contribution in [2.75, 3.05) is 48.4 Å². The smallest absolute Gasteiger partial charge is 0.274 e. The van der Waals surface area contributed by atoms with E-state index in [0.29, 0.717) is 30.5 Å². The van der Waals surface area contributed by atoms with E-state index in [4.69, 9.17) is 4.74 Å². The van der Waals surface area contributed by atoms with Gasteiger partial charge in [-0.25, -0.2) is 9.97 Å². The van der Waals surface area contributed by atoms with E-state index in [1.807, 2.05) is 24.3 Å². The van der Waals surface area contributed by atoms with E-state index in [1.165, 1.54) is 12.8 Å². The molecule has 1 aliphatic heterocycles. The van der Waals surface area contributed by atoms with Crippen molar-refractivity contribution in [1.29, 1.82) is 0 Å². The van der Waals surface area contributed by atoms with Crippen molar-refractivity contribution in [1.82, 2.24) is 9.97 Å². The van der Waals surface area contributed by atoms with Gasteiger partial charge in [0.25, 0.3) is 5.91 Å². The Morgan fingerprint density at radius 3 is 2.75 bits per heavy atom. The Morgan fingerprint density at radius 1 is 1.18 bits per heavy atom. The summed E-state index contributed by atoms with van der Waals surface area (Å²) in [6.07, 6.45) is 3.41. The van der Waals surface area contributed by atoms with Crippen molar-refractivity contribution in [2.24, 2.45) is 0 Å². The molecule has 2 aromatic rings. The number of benzene rings is 1. The van der Waals surface area contributed by atoms with Crippen LogP contribution in [0.15, 0.2) is 30.3 Å². The maximum absolute atomic E-state index is 12.9. The van der Waals surface area contributed by atoms with Crippen molar-refractivity contribution >= 4 is 23.1 Å². The number of aromatic nitrogens is 2. The molecule has 1 fully saturated rings. The van der Waals surface area contributed by atoms with Crippen molar-refractivity contribution in [3.8, 4) is 0 Å². The zero-order valence-electron chi connectivity index (χ0n) is 16.7. The molecule has 2 heterocycles. The molecular weight excluding hydrogens is 354 g/mol.